The summed E-state index contributed by atoms with van der Waals surface area (Å²) in [6, 6.07) is 15.4. The summed E-state index contributed by atoms with van der Waals surface area (Å²) < 4.78 is 10.6. The topological polar surface area (TPSA) is 64.2 Å². The summed E-state index contributed by atoms with van der Waals surface area (Å²) in [5, 5.41) is 2.09. The predicted molar refractivity (Wildman–Crippen MR) is 101 cm³/mol. The molecule has 4 rings (SSSR count). The van der Waals surface area contributed by atoms with Crippen LogP contribution in [0.25, 0.3) is 21.8 Å². The summed E-state index contributed by atoms with van der Waals surface area (Å²) in [5.74, 6) is 1.20. The van der Waals surface area contributed by atoms with E-state index in [2.05, 4.69) is 9.97 Å². The molecule has 2 aromatic carbocycles. The monoisotopic (exact) mass is 346 g/mol. The van der Waals surface area contributed by atoms with Crippen molar-refractivity contribution in [3.05, 3.63) is 66.0 Å². The highest BCUT2D eigenvalue weighted by Crippen LogP contribution is 2.29. The molecule has 0 aliphatic carbocycles. The Hall–Kier alpha value is -3.34. The number of aromatic amines is 1. The van der Waals surface area contributed by atoms with Crippen molar-refractivity contribution >= 4 is 27.6 Å². The Balaban J connectivity index is 1.73. The van der Waals surface area contributed by atoms with Crippen LogP contribution in [-0.2, 0) is 6.42 Å². The Morgan fingerprint density at radius 3 is 2.62 bits per heavy atom. The molecular weight excluding hydrogens is 328 g/mol. The maximum atomic E-state index is 12.9. The molecule has 4 aromatic rings. The maximum absolute atomic E-state index is 12.9. The van der Waals surface area contributed by atoms with Gasteiger partial charge >= 0.3 is 0 Å². The van der Waals surface area contributed by atoms with Gasteiger partial charge in [0.2, 0.25) is 0 Å². The van der Waals surface area contributed by atoms with E-state index in [1.807, 2.05) is 42.5 Å². The lowest BCUT2D eigenvalue weighted by atomic mass is 10.0. The molecular formula is C21H18N2O3. The van der Waals surface area contributed by atoms with Crippen LogP contribution in [0, 0.1) is 0 Å². The number of hydrogen-bond donors (Lipinski definition) is 1. The minimum absolute atomic E-state index is 0.0469. The number of aromatic nitrogens is 2. The number of carbonyl (C=O) groups is 1. The highest BCUT2D eigenvalue weighted by molar-refractivity contribution is 6.14. The van der Waals surface area contributed by atoms with Gasteiger partial charge < -0.3 is 14.5 Å². The lowest BCUT2D eigenvalue weighted by molar-refractivity contribution is 0.0990. The highest BCUT2D eigenvalue weighted by Gasteiger charge is 2.16. The normalized spacial score (nSPS) is 11.0. The summed E-state index contributed by atoms with van der Waals surface area (Å²) in [7, 11) is 3.17. The molecule has 0 radical (unpaired) electrons. The van der Waals surface area contributed by atoms with Crippen molar-refractivity contribution < 1.29 is 14.3 Å². The zero-order valence-corrected chi connectivity index (χ0v) is 14.6. The van der Waals surface area contributed by atoms with Gasteiger partial charge in [0, 0.05) is 28.9 Å². The number of H-pyrrole nitrogens is 1. The van der Waals surface area contributed by atoms with Gasteiger partial charge in [0.1, 0.15) is 5.69 Å². The van der Waals surface area contributed by atoms with Crippen molar-refractivity contribution in [1.29, 1.82) is 0 Å². The van der Waals surface area contributed by atoms with E-state index in [1.54, 1.807) is 26.5 Å². The van der Waals surface area contributed by atoms with Gasteiger partial charge in [0.25, 0.3) is 0 Å². The first kappa shape index (κ1) is 16.1. The fraction of sp³-hybridized carbons (Fsp3) is 0.143. The summed E-state index contributed by atoms with van der Waals surface area (Å²) in [6.45, 7) is 0. The van der Waals surface area contributed by atoms with E-state index in [9.17, 15) is 4.79 Å². The first-order valence-corrected chi connectivity index (χ1v) is 8.31. The first-order chi connectivity index (χ1) is 12.7. The van der Waals surface area contributed by atoms with Gasteiger partial charge in [-0.3, -0.25) is 9.78 Å². The quantitative estimate of drug-likeness (QED) is 0.551. The Bertz CT molecular complexity index is 1110. The Kier molecular flexibility index (Phi) is 4.05. The number of ether oxygens (including phenoxy) is 2. The van der Waals surface area contributed by atoms with Crippen LogP contribution >= 0.6 is 0 Å². The molecule has 0 bridgehead atoms. The van der Waals surface area contributed by atoms with E-state index < -0.39 is 0 Å². The van der Waals surface area contributed by atoms with Gasteiger partial charge in [-0.15, -0.1) is 0 Å². The van der Waals surface area contributed by atoms with Gasteiger partial charge in [-0.1, -0.05) is 24.3 Å². The number of hydrogen-bond acceptors (Lipinski definition) is 4. The number of nitrogens with one attached hydrogen (secondary N) is 1. The van der Waals surface area contributed by atoms with Crippen molar-refractivity contribution in [2.75, 3.05) is 14.2 Å². The van der Waals surface area contributed by atoms with Crippen molar-refractivity contribution in [2.24, 2.45) is 0 Å². The fourth-order valence-electron chi connectivity index (χ4n) is 3.25. The third-order valence-corrected chi connectivity index (χ3v) is 4.50. The lowest BCUT2D eigenvalue weighted by Gasteiger charge is -2.09. The maximum Gasteiger partial charge on any atom is 0.187 e. The van der Waals surface area contributed by atoms with Crippen molar-refractivity contribution in [3.63, 3.8) is 0 Å². The molecule has 5 heteroatoms. The van der Waals surface area contributed by atoms with Crippen LogP contribution in [0.15, 0.2) is 54.7 Å². The molecule has 0 spiro atoms. The Labute approximate surface area is 150 Å². The minimum Gasteiger partial charge on any atom is -0.493 e. The number of rotatable bonds is 5. The average Bonchev–Trinajstić information content (AvgIpc) is 3.06. The molecule has 26 heavy (non-hydrogen) atoms. The third kappa shape index (κ3) is 2.67. The molecule has 2 aromatic heterocycles. The molecule has 130 valence electrons. The minimum atomic E-state index is -0.0469. The summed E-state index contributed by atoms with van der Waals surface area (Å²) in [6.07, 6.45) is 1.92. The van der Waals surface area contributed by atoms with E-state index in [-0.39, 0.29) is 12.2 Å². The van der Waals surface area contributed by atoms with Crippen LogP contribution in [0.4, 0.5) is 0 Å². The lowest BCUT2D eigenvalue weighted by Crippen LogP contribution is -2.07. The summed E-state index contributed by atoms with van der Waals surface area (Å²) in [5.41, 5.74) is 3.07. The SMILES string of the molecule is COc1ccc(CC(=O)c2nccc3c2[nH]c2ccccc23)cc1OC. The molecule has 0 unspecified atom stereocenters. The molecule has 0 saturated carbocycles. The number of carbonyl (C=O) groups excluding carboxylic acids is 1. The van der Waals surface area contributed by atoms with E-state index in [4.69, 9.17) is 9.47 Å². The molecule has 5 nitrogen and oxygen atoms in total. The second-order valence-corrected chi connectivity index (χ2v) is 6.04. The number of pyridine rings is 1. The largest absolute Gasteiger partial charge is 0.493 e. The molecule has 2 heterocycles. The average molecular weight is 346 g/mol. The summed E-state index contributed by atoms with van der Waals surface area (Å²) >= 11 is 0. The number of benzene rings is 2. The fourth-order valence-corrected chi connectivity index (χ4v) is 3.25. The number of ketones is 1. The van der Waals surface area contributed by atoms with Crippen molar-refractivity contribution in [3.8, 4) is 11.5 Å². The van der Waals surface area contributed by atoms with Crippen molar-refractivity contribution in [1.82, 2.24) is 9.97 Å². The van der Waals surface area contributed by atoms with Gasteiger partial charge in [0.05, 0.1) is 19.7 Å². The predicted octanol–water partition coefficient (Wildman–Crippen LogP) is 4.16. The molecule has 0 fully saturated rings. The van der Waals surface area contributed by atoms with E-state index in [1.165, 1.54) is 0 Å². The molecule has 0 aliphatic heterocycles. The summed E-state index contributed by atoms with van der Waals surface area (Å²) in [4.78, 5) is 20.6. The molecule has 0 saturated heterocycles. The number of nitrogens with zero attached hydrogens (tertiary/aromatic N) is 1. The van der Waals surface area contributed by atoms with Crippen LogP contribution in [0.3, 0.4) is 0 Å². The van der Waals surface area contributed by atoms with Gasteiger partial charge in [-0.25, -0.2) is 0 Å². The molecule has 0 aliphatic rings. The molecule has 1 N–H and O–H groups in total. The van der Waals surface area contributed by atoms with E-state index in [0.717, 1.165) is 27.4 Å². The van der Waals surface area contributed by atoms with Crippen molar-refractivity contribution in [2.45, 2.75) is 6.42 Å². The number of Topliss-reactive ketones (excluding diaryl/α,β-unsaturated/α-hetero) is 1. The number of fused-ring (bicyclic) bond motifs is 3. The van der Waals surface area contributed by atoms with Crippen LogP contribution in [-0.4, -0.2) is 30.0 Å². The second kappa shape index (κ2) is 6.52. The molecule has 0 amide bonds. The van der Waals surface area contributed by atoms with Gasteiger partial charge in [0.15, 0.2) is 17.3 Å². The van der Waals surface area contributed by atoms with Crippen LogP contribution < -0.4 is 9.47 Å². The van der Waals surface area contributed by atoms with E-state index in [0.29, 0.717) is 17.2 Å². The number of para-hydroxylation sites is 1. The first-order valence-electron chi connectivity index (χ1n) is 8.31. The standard InChI is InChI=1S/C21H18N2O3/c1-25-18-8-7-13(12-19(18)26-2)11-17(24)21-20-15(9-10-22-21)14-5-3-4-6-16(14)23-20/h3-10,12,23H,11H2,1-2H3. The molecule has 0 atom stereocenters. The zero-order chi connectivity index (χ0) is 18.1. The zero-order valence-electron chi connectivity index (χ0n) is 14.6. The van der Waals surface area contributed by atoms with Gasteiger partial charge in [-0.05, 0) is 29.8 Å². The van der Waals surface area contributed by atoms with Crippen LogP contribution in [0.2, 0.25) is 0 Å². The van der Waals surface area contributed by atoms with E-state index >= 15 is 0 Å². The van der Waals surface area contributed by atoms with Crippen LogP contribution in [0.5, 0.6) is 11.5 Å². The van der Waals surface area contributed by atoms with Crippen LogP contribution in [0.1, 0.15) is 16.1 Å². The third-order valence-electron chi connectivity index (χ3n) is 4.50. The highest BCUT2D eigenvalue weighted by atomic mass is 16.5. The second-order valence-electron chi connectivity index (χ2n) is 6.04. The Morgan fingerprint density at radius 2 is 1.81 bits per heavy atom. The number of methoxy groups -OCH3 is 2. The van der Waals surface area contributed by atoms with Gasteiger partial charge in [-0.2, -0.15) is 0 Å². The smallest absolute Gasteiger partial charge is 0.187 e. The Morgan fingerprint density at radius 1 is 1.00 bits per heavy atom.